The first-order valence-corrected chi connectivity index (χ1v) is 20.9. The SMILES string of the molecule is C=C/C=C(\C=C)C1(c2ccccc2)c2ccccc2-c2cc(-c3cccc4c5ccccc5c5ccc(-c6cc(-c7ccccc7)cc(-c7ccccc7)n6)cc5c34)ccc21. The van der Waals surface area contributed by atoms with Crippen LogP contribution in [0.3, 0.4) is 0 Å². The lowest BCUT2D eigenvalue weighted by atomic mass is 9.67. The maximum Gasteiger partial charge on any atom is 0.0715 e. The second-order valence-corrected chi connectivity index (χ2v) is 15.9. The van der Waals surface area contributed by atoms with Crippen LogP contribution < -0.4 is 0 Å². The van der Waals surface area contributed by atoms with Crippen molar-refractivity contribution < 1.29 is 0 Å². The number of hydrogen-bond acceptors (Lipinski definition) is 1. The number of fused-ring (bicyclic) bond motifs is 9. The third kappa shape index (κ3) is 5.74. The molecule has 0 spiro atoms. The number of nitrogens with zero attached hydrogens (tertiary/aromatic N) is 1. The molecule has 0 amide bonds. The van der Waals surface area contributed by atoms with Crippen molar-refractivity contribution in [1.82, 2.24) is 4.98 Å². The second-order valence-electron chi connectivity index (χ2n) is 15.9. The molecular weight excluding hydrogens is 735 g/mol. The van der Waals surface area contributed by atoms with Gasteiger partial charge in [-0.05, 0) is 112 Å². The summed E-state index contributed by atoms with van der Waals surface area (Å²) >= 11 is 0. The van der Waals surface area contributed by atoms with E-state index in [1.165, 1.54) is 71.3 Å². The normalized spacial score (nSPS) is 14.5. The first-order valence-electron chi connectivity index (χ1n) is 20.9. The predicted octanol–water partition coefficient (Wildman–Crippen LogP) is 15.8. The highest BCUT2D eigenvalue weighted by Crippen LogP contribution is 2.57. The Balaban J connectivity index is 1.17. The highest BCUT2D eigenvalue weighted by molar-refractivity contribution is 6.29. The second kappa shape index (κ2) is 14.7. The van der Waals surface area contributed by atoms with Gasteiger partial charge in [-0.1, -0.05) is 213 Å². The molecule has 61 heavy (non-hydrogen) atoms. The molecule has 1 unspecified atom stereocenters. The number of allylic oxidation sites excluding steroid dienone is 4. The van der Waals surface area contributed by atoms with Crippen molar-refractivity contribution in [2.75, 3.05) is 0 Å². The highest BCUT2D eigenvalue weighted by atomic mass is 14.7. The van der Waals surface area contributed by atoms with Crippen molar-refractivity contribution in [3.05, 3.63) is 260 Å². The zero-order valence-electron chi connectivity index (χ0n) is 33.7. The Kier molecular flexibility index (Phi) is 8.76. The molecule has 0 fully saturated rings. The van der Waals surface area contributed by atoms with E-state index in [1.807, 2.05) is 12.2 Å². The van der Waals surface area contributed by atoms with Gasteiger partial charge >= 0.3 is 0 Å². The molecule has 1 aliphatic rings. The molecule has 9 aromatic carbocycles. The quantitative estimate of drug-likeness (QED) is 0.111. The fourth-order valence-electron chi connectivity index (χ4n) is 10.0. The minimum absolute atomic E-state index is 0.544. The number of pyridine rings is 1. The molecule has 11 rings (SSSR count). The molecular formula is C60H41N. The van der Waals surface area contributed by atoms with Crippen LogP contribution in [0, 0.1) is 0 Å². The molecule has 0 saturated carbocycles. The zero-order valence-corrected chi connectivity index (χ0v) is 33.7. The standard InChI is InChI=1S/C60H41N/c1-3-19-45(4-2)60(46-24-12-7-13-25-46)55-31-17-16-28-51(55)53-36-42(33-35-56(53)60)47-29-18-30-52-49-27-15-14-26-48(49)50-34-32-43(37-54(50)59(47)52)58-39-44(40-20-8-5-9-21-40)38-57(61-58)41-22-10-6-11-23-41/h3-39H,1-2H2/b45-19+. The van der Waals surface area contributed by atoms with Crippen LogP contribution in [0.2, 0.25) is 0 Å². The maximum absolute atomic E-state index is 5.35. The van der Waals surface area contributed by atoms with Gasteiger partial charge in [0.25, 0.3) is 0 Å². The minimum atomic E-state index is -0.544. The van der Waals surface area contributed by atoms with E-state index in [2.05, 4.69) is 225 Å². The highest BCUT2D eigenvalue weighted by Gasteiger charge is 2.46. The van der Waals surface area contributed by atoms with E-state index in [1.54, 1.807) is 0 Å². The van der Waals surface area contributed by atoms with Crippen LogP contribution in [0.15, 0.2) is 243 Å². The molecule has 1 nitrogen and oxygen atoms in total. The number of hydrogen-bond donors (Lipinski definition) is 0. The summed E-state index contributed by atoms with van der Waals surface area (Å²) in [6.07, 6.45) is 6.00. The predicted molar refractivity (Wildman–Crippen MR) is 259 cm³/mol. The lowest BCUT2D eigenvalue weighted by Gasteiger charge is -2.34. The van der Waals surface area contributed by atoms with Gasteiger partial charge < -0.3 is 0 Å². The van der Waals surface area contributed by atoms with E-state index in [0.717, 1.165) is 39.2 Å². The summed E-state index contributed by atoms with van der Waals surface area (Å²) < 4.78 is 0. The number of aromatic nitrogens is 1. The Morgan fingerprint density at radius 3 is 1.70 bits per heavy atom. The molecule has 0 bridgehead atoms. The van der Waals surface area contributed by atoms with Crippen LogP contribution in [-0.4, -0.2) is 4.98 Å². The molecule has 0 aliphatic heterocycles. The molecule has 0 N–H and O–H groups in total. The Morgan fingerprint density at radius 2 is 0.967 bits per heavy atom. The van der Waals surface area contributed by atoms with E-state index < -0.39 is 5.41 Å². The molecule has 10 aromatic rings. The van der Waals surface area contributed by atoms with Crippen molar-refractivity contribution >= 4 is 32.3 Å². The van der Waals surface area contributed by atoms with Crippen LogP contribution >= 0.6 is 0 Å². The third-order valence-corrected chi connectivity index (χ3v) is 12.7. The molecule has 0 radical (unpaired) electrons. The average Bonchev–Trinajstić information content (AvgIpc) is 3.63. The molecule has 0 saturated heterocycles. The van der Waals surface area contributed by atoms with E-state index in [4.69, 9.17) is 4.98 Å². The first-order chi connectivity index (χ1) is 30.2. The summed E-state index contributed by atoms with van der Waals surface area (Å²) in [5, 5.41) is 7.38. The van der Waals surface area contributed by atoms with Gasteiger partial charge in [0.05, 0.1) is 16.8 Å². The van der Waals surface area contributed by atoms with Gasteiger partial charge in [0, 0.05) is 11.1 Å². The van der Waals surface area contributed by atoms with E-state index in [-0.39, 0.29) is 0 Å². The Bertz CT molecular complexity index is 3320. The van der Waals surface area contributed by atoms with Crippen LogP contribution in [-0.2, 0) is 5.41 Å². The summed E-state index contributed by atoms with van der Waals surface area (Å²) in [6, 6.07) is 74.9. The van der Waals surface area contributed by atoms with Crippen molar-refractivity contribution in [2.24, 2.45) is 0 Å². The van der Waals surface area contributed by atoms with Crippen LogP contribution in [0.4, 0.5) is 0 Å². The summed E-state index contributed by atoms with van der Waals surface area (Å²) in [4.78, 5) is 5.35. The van der Waals surface area contributed by atoms with Crippen LogP contribution in [0.1, 0.15) is 16.7 Å². The van der Waals surface area contributed by atoms with Crippen LogP contribution in [0.25, 0.3) is 88.2 Å². The van der Waals surface area contributed by atoms with Crippen molar-refractivity contribution in [2.45, 2.75) is 5.41 Å². The Hall–Kier alpha value is -7.87. The first kappa shape index (κ1) is 36.2. The maximum atomic E-state index is 5.35. The minimum Gasteiger partial charge on any atom is -0.248 e. The smallest absolute Gasteiger partial charge is 0.0715 e. The summed E-state index contributed by atoms with van der Waals surface area (Å²) in [6.45, 7) is 8.46. The monoisotopic (exact) mass is 775 g/mol. The molecule has 1 aromatic heterocycles. The molecule has 286 valence electrons. The summed E-state index contributed by atoms with van der Waals surface area (Å²) in [5.41, 5.74) is 15.5. The Labute approximate surface area is 357 Å². The van der Waals surface area contributed by atoms with Gasteiger partial charge in [0.1, 0.15) is 0 Å². The molecule has 1 heterocycles. The third-order valence-electron chi connectivity index (χ3n) is 12.7. The van der Waals surface area contributed by atoms with E-state index >= 15 is 0 Å². The van der Waals surface area contributed by atoms with Crippen molar-refractivity contribution in [3.63, 3.8) is 0 Å². The van der Waals surface area contributed by atoms with Gasteiger partial charge in [-0.15, -0.1) is 0 Å². The lowest BCUT2D eigenvalue weighted by Crippen LogP contribution is -2.28. The van der Waals surface area contributed by atoms with E-state index in [9.17, 15) is 0 Å². The van der Waals surface area contributed by atoms with E-state index in [0.29, 0.717) is 0 Å². The van der Waals surface area contributed by atoms with Crippen molar-refractivity contribution in [1.29, 1.82) is 0 Å². The topological polar surface area (TPSA) is 12.9 Å². The number of rotatable bonds is 8. The fraction of sp³-hybridized carbons (Fsp3) is 0.0167. The fourth-order valence-corrected chi connectivity index (χ4v) is 10.0. The zero-order chi connectivity index (χ0) is 40.9. The molecule has 1 atom stereocenters. The van der Waals surface area contributed by atoms with Gasteiger partial charge in [-0.2, -0.15) is 0 Å². The van der Waals surface area contributed by atoms with Crippen molar-refractivity contribution in [3.8, 4) is 55.9 Å². The molecule has 1 aliphatic carbocycles. The number of benzene rings is 9. The van der Waals surface area contributed by atoms with Gasteiger partial charge in [0.2, 0.25) is 0 Å². The summed E-state index contributed by atoms with van der Waals surface area (Å²) in [5.74, 6) is 0. The lowest BCUT2D eigenvalue weighted by molar-refractivity contribution is 0.767. The summed E-state index contributed by atoms with van der Waals surface area (Å²) in [7, 11) is 0. The largest absolute Gasteiger partial charge is 0.248 e. The Morgan fingerprint density at radius 1 is 0.393 bits per heavy atom. The average molecular weight is 776 g/mol. The van der Waals surface area contributed by atoms with Gasteiger partial charge in [-0.25, -0.2) is 4.98 Å². The van der Waals surface area contributed by atoms with Gasteiger partial charge in [0.15, 0.2) is 0 Å². The van der Waals surface area contributed by atoms with Crippen LogP contribution in [0.5, 0.6) is 0 Å². The van der Waals surface area contributed by atoms with Gasteiger partial charge in [-0.3, -0.25) is 0 Å². The molecule has 1 heteroatoms.